The minimum absolute atomic E-state index is 0.0188. The highest BCUT2D eigenvalue weighted by Crippen LogP contribution is 2.34. The number of hydrogen-bond acceptors (Lipinski definition) is 4. The van der Waals surface area contributed by atoms with Gasteiger partial charge in [-0.1, -0.05) is 59.8 Å². The van der Waals surface area contributed by atoms with Crippen molar-refractivity contribution in [2.75, 3.05) is 26.2 Å². The van der Waals surface area contributed by atoms with Crippen molar-refractivity contribution in [1.82, 2.24) is 19.6 Å². The monoisotopic (exact) mass is 444 g/mol. The predicted octanol–water partition coefficient (Wildman–Crippen LogP) is 4.55. The molecule has 32 heavy (non-hydrogen) atoms. The van der Waals surface area contributed by atoms with Crippen molar-refractivity contribution in [3.05, 3.63) is 82.5 Å². The van der Waals surface area contributed by atoms with Gasteiger partial charge in [0.05, 0.1) is 21.8 Å². The van der Waals surface area contributed by atoms with Gasteiger partial charge in [-0.2, -0.15) is 0 Å². The minimum atomic E-state index is -0.0188. The van der Waals surface area contributed by atoms with Gasteiger partial charge in [-0.3, -0.25) is 9.20 Å². The Labute approximate surface area is 193 Å². The molecule has 164 valence electrons. The number of imidazole rings is 1. The summed E-state index contributed by atoms with van der Waals surface area (Å²) < 4.78 is 2.08. The number of amides is 1. The lowest BCUT2D eigenvalue weighted by Crippen LogP contribution is -2.32. The number of nitrogens with zero attached hydrogens (tertiary/aromatic N) is 3. The lowest BCUT2D eigenvalue weighted by atomic mass is 10.0. The fourth-order valence-corrected chi connectivity index (χ4v) is 5.40. The summed E-state index contributed by atoms with van der Waals surface area (Å²) in [4.78, 5) is 20.4. The van der Waals surface area contributed by atoms with Gasteiger partial charge in [0, 0.05) is 19.6 Å². The van der Waals surface area contributed by atoms with Crippen LogP contribution in [0.3, 0.4) is 0 Å². The molecule has 6 heteroatoms. The van der Waals surface area contributed by atoms with Crippen molar-refractivity contribution >= 4 is 29.4 Å². The summed E-state index contributed by atoms with van der Waals surface area (Å²) in [7, 11) is 0. The molecule has 1 aromatic carbocycles. The topological polar surface area (TPSA) is 49.6 Å². The maximum absolute atomic E-state index is 12.7. The number of aryl methyl sites for hydroxylation is 1. The van der Waals surface area contributed by atoms with E-state index in [0.29, 0.717) is 6.54 Å². The van der Waals surface area contributed by atoms with Gasteiger partial charge in [0.2, 0.25) is 0 Å². The molecule has 1 saturated heterocycles. The average Bonchev–Trinajstić information content (AvgIpc) is 3.25. The number of carbonyl (C=O) groups is 1. The standard InChI is InChI=1S/C26H28N4OS/c31-26(23-18-22-19-28-24-9-4-10-25(32-23)30(22)24)27-14-11-21-12-16-29(17-13-21)15-5-8-20-6-2-1-3-7-20/h1-4,6-7,9-11,18-19H,5,8,12-17H2,(H,27,31). The highest BCUT2D eigenvalue weighted by atomic mass is 32.2. The molecular formula is C26H28N4OS. The second-order valence-corrected chi connectivity index (χ2v) is 9.42. The molecule has 4 heterocycles. The lowest BCUT2D eigenvalue weighted by Gasteiger charge is -2.28. The minimum Gasteiger partial charge on any atom is -0.348 e. The van der Waals surface area contributed by atoms with E-state index in [0.717, 1.165) is 60.2 Å². The maximum Gasteiger partial charge on any atom is 0.258 e. The van der Waals surface area contributed by atoms with Crippen LogP contribution in [-0.4, -0.2) is 46.4 Å². The number of aromatic nitrogens is 2. The molecule has 2 aliphatic heterocycles. The Morgan fingerprint density at radius 3 is 2.78 bits per heavy atom. The first-order chi connectivity index (χ1) is 15.8. The number of pyridine rings is 1. The predicted molar refractivity (Wildman–Crippen MR) is 131 cm³/mol. The van der Waals surface area contributed by atoms with E-state index in [-0.39, 0.29) is 5.91 Å². The summed E-state index contributed by atoms with van der Waals surface area (Å²) in [6, 6.07) is 16.7. The Kier molecular flexibility index (Phi) is 6.41. The number of nitrogens with one attached hydrogen (secondary N) is 1. The van der Waals surface area contributed by atoms with Crippen LogP contribution in [0.1, 0.15) is 30.5 Å². The van der Waals surface area contributed by atoms with Crippen LogP contribution in [0.2, 0.25) is 0 Å². The highest BCUT2D eigenvalue weighted by Gasteiger charge is 2.19. The first-order valence-corrected chi connectivity index (χ1v) is 12.2. The Hall–Kier alpha value is -2.83. The lowest BCUT2D eigenvalue weighted by molar-refractivity contribution is -0.116. The van der Waals surface area contributed by atoms with E-state index in [1.807, 2.05) is 30.5 Å². The van der Waals surface area contributed by atoms with Crippen LogP contribution in [0.5, 0.6) is 0 Å². The van der Waals surface area contributed by atoms with Crippen molar-refractivity contribution in [3.8, 4) is 0 Å². The third-order valence-corrected chi connectivity index (χ3v) is 7.22. The quantitative estimate of drug-likeness (QED) is 0.543. The van der Waals surface area contributed by atoms with Gasteiger partial charge in [0.25, 0.3) is 5.91 Å². The molecule has 0 unspecified atom stereocenters. The Morgan fingerprint density at radius 2 is 1.94 bits per heavy atom. The molecule has 2 aliphatic rings. The largest absolute Gasteiger partial charge is 0.348 e. The van der Waals surface area contributed by atoms with Gasteiger partial charge >= 0.3 is 0 Å². The zero-order valence-corrected chi connectivity index (χ0v) is 19.0. The third kappa shape index (κ3) is 4.81. The third-order valence-electron chi connectivity index (χ3n) is 6.17. The van der Waals surface area contributed by atoms with Gasteiger partial charge in [-0.15, -0.1) is 0 Å². The summed E-state index contributed by atoms with van der Waals surface area (Å²) in [5.74, 6) is -0.0188. The molecule has 5 rings (SSSR count). The summed E-state index contributed by atoms with van der Waals surface area (Å²) in [6.07, 6.45) is 10.5. The fourth-order valence-electron chi connectivity index (χ4n) is 4.39. The van der Waals surface area contributed by atoms with Gasteiger partial charge in [-0.25, -0.2) is 4.98 Å². The van der Waals surface area contributed by atoms with Crippen molar-refractivity contribution in [2.45, 2.75) is 30.7 Å². The molecular weight excluding hydrogens is 416 g/mol. The molecule has 5 nitrogen and oxygen atoms in total. The average molecular weight is 445 g/mol. The van der Waals surface area contributed by atoms with E-state index in [1.54, 1.807) is 0 Å². The zero-order chi connectivity index (χ0) is 21.8. The number of piperidine rings is 1. The second kappa shape index (κ2) is 9.76. The van der Waals surface area contributed by atoms with E-state index >= 15 is 0 Å². The molecule has 0 atom stereocenters. The van der Waals surface area contributed by atoms with E-state index in [2.05, 4.69) is 56.0 Å². The molecule has 0 aliphatic carbocycles. The molecule has 0 saturated carbocycles. The smallest absolute Gasteiger partial charge is 0.258 e. The molecule has 1 amide bonds. The number of rotatable bonds is 7. The number of thioether (sulfide) groups is 1. The van der Waals surface area contributed by atoms with Crippen LogP contribution < -0.4 is 5.32 Å². The molecule has 2 aromatic heterocycles. The van der Waals surface area contributed by atoms with Crippen molar-refractivity contribution in [3.63, 3.8) is 0 Å². The van der Waals surface area contributed by atoms with E-state index < -0.39 is 0 Å². The summed E-state index contributed by atoms with van der Waals surface area (Å²) in [5, 5.41) is 4.10. The molecule has 3 aromatic rings. The maximum atomic E-state index is 12.7. The number of hydrogen-bond donors (Lipinski definition) is 1. The summed E-state index contributed by atoms with van der Waals surface area (Å²) in [5.41, 5.74) is 4.75. The van der Waals surface area contributed by atoms with Crippen molar-refractivity contribution in [2.24, 2.45) is 0 Å². The second-order valence-electron chi connectivity index (χ2n) is 8.35. The van der Waals surface area contributed by atoms with Crippen LogP contribution in [0.4, 0.5) is 0 Å². The van der Waals surface area contributed by atoms with Crippen LogP contribution in [0.15, 0.2) is 76.3 Å². The van der Waals surface area contributed by atoms with Gasteiger partial charge in [0.1, 0.15) is 5.65 Å². The van der Waals surface area contributed by atoms with Crippen molar-refractivity contribution in [1.29, 1.82) is 0 Å². The van der Waals surface area contributed by atoms with Gasteiger partial charge in [-0.05, 0) is 56.0 Å². The molecule has 0 spiro atoms. The Balaban J connectivity index is 1.06. The first-order valence-electron chi connectivity index (χ1n) is 11.3. The van der Waals surface area contributed by atoms with E-state index in [1.165, 1.54) is 29.3 Å². The molecule has 1 N–H and O–H groups in total. The Morgan fingerprint density at radius 1 is 1.09 bits per heavy atom. The first kappa shape index (κ1) is 21.0. The Bertz CT molecular complexity index is 1160. The van der Waals surface area contributed by atoms with E-state index in [4.69, 9.17) is 0 Å². The van der Waals surface area contributed by atoms with Gasteiger partial charge in [0.15, 0.2) is 0 Å². The number of benzene rings is 1. The SMILES string of the molecule is O=C(NCC=C1CCN(CCCc2ccccc2)CC1)C1=Cc2cnc3cccc(n23)S1. The summed E-state index contributed by atoms with van der Waals surface area (Å²) >= 11 is 1.50. The van der Waals surface area contributed by atoms with Crippen LogP contribution in [0, 0.1) is 0 Å². The van der Waals surface area contributed by atoms with Crippen LogP contribution in [0.25, 0.3) is 11.7 Å². The fraction of sp³-hybridized carbons (Fsp3) is 0.308. The molecule has 0 radical (unpaired) electrons. The van der Waals surface area contributed by atoms with Crippen LogP contribution in [-0.2, 0) is 11.2 Å². The van der Waals surface area contributed by atoms with E-state index in [9.17, 15) is 4.79 Å². The summed E-state index contributed by atoms with van der Waals surface area (Å²) in [6.45, 7) is 3.98. The zero-order valence-electron chi connectivity index (χ0n) is 18.2. The number of carbonyl (C=O) groups excluding carboxylic acids is 1. The van der Waals surface area contributed by atoms with Crippen molar-refractivity contribution < 1.29 is 4.79 Å². The molecule has 0 bridgehead atoms. The normalized spacial score (nSPS) is 16.1. The number of likely N-dealkylation sites (tertiary alicyclic amines) is 1. The highest BCUT2D eigenvalue weighted by molar-refractivity contribution is 8.04. The van der Waals surface area contributed by atoms with Gasteiger partial charge < -0.3 is 10.2 Å². The van der Waals surface area contributed by atoms with Crippen LogP contribution >= 0.6 is 11.8 Å². The molecule has 1 fully saturated rings.